The van der Waals surface area contributed by atoms with Crippen LogP contribution in [0.25, 0.3) is 0 Å². The molecule has 0 aliphatic heterocycles. The van der Waals surface area contributed by atoms with Gasteiger partial charge < -0.3 is 22.3 Å². The van der Waals surface area contributed by atoms with Gasteiger partial charge >= 0.3 is 12.4 Å². The number of carbonyl (C=O) groups excluding carboxylic acids is 1. The van der Waals surface area contributed by atoms with Crippen LogP contribution in [0.15, 0.2) is 109 Å². The predicted molar refractivity (Wildman–Crippen MR) is 161 cm³/mol. The molecule has 0 saturated heterocycles. The lowest BCUT2D eigenvalue weighted by atomic mass is 9.99. The van der Waals surface area contributed by atoms with Crippen molar-refractivity contribution in [2.75, 3.05) is 6.16 Å². The van der Waals surface area contributed by atoms with Crippen LogP contribution < -0.4 is 32.9 Å². The maximum absolute atomic E-state index is 13.6. The Bertz CT molecular complexity index is 1430. The summed E-state index contributed by atoms with van der Waals surface area (Å²) in [5.74, 6) is -1.10. The molecule has 0 heterocycles. The van der Waals surface area contributed by atoms with Crippen molar-refractivity contribution in [1.82, 2.24) is 5.32 Å². The molecule has 0 spiro atoms. The predicted octanol–water partition coefficient (Wildman–Crippen LogP) is 5.74. The number of benzene rings is 4. The average molecular weight is 697 g/mol. The fraction of sp³-hybridized carbons (Fsp3) is 0.265. The second kappa shape index (κ2) is 14.7. The van der Waals surface area contributed by atoms with Gasteiger partial charge in [-0.05, 0) is 53.9 Å². The van der Waals surface area contributed by atoms with Gasteiger partial charge in [0.15, 0.2) is 0 Å². The van der Waals surface area contributed by atoms with Crippen LogP contribution >= 0.6 is 7.26 Å². The lowest BCUT2D eigenvalue weighted by molar-refractivity contribution is -0.143. The maximum Gasteiger partial charge on any atom is 0.416 e. The van der Waals surface area contributed by atoms with Crippen molar-refractivity contribution in [2.24, 2.45) is 5.92 Å². The molecule has 1 N–H and O–H groups in total. The van der Waals surface area contributed by atoms with E-state index in [-0.39, 0.29) is 29.0 Å². The highest BCUT2D eigenvalue weighted by atomic mass is 79.9. The van der Waals surface area contributed by atoms with E-state index in [0.717, 1.165) is 16.2 Å². The van der Waals surface area contributed by atoms with Crippen molar-refractivity contribution in [3.8, 4) is 0 Å². The van der Waals surface area contributed by atoms with Gasteiger partial charge in [0, 0.05) is 5.56 Å². The Morgan fingerprint density at radius 2 is 1.16 bits per heavy atom. The second-order valence-corrected chi connectivity index (χ2v) is 14.4. The van der Waals surface area contributed by atoms with Gasteiger partial charge in [0.1, 0.15) is 0 Å². The molecular formula is C34H33BrF6NOP. The van der Waals surface area contributed by atoms with Gasteiger partial charge in [0.25, 0.3) is 5.91 Å². The summed E-state index contributed by atoms with van der Waals surface area (Å²) in [6, 6.07) is 30.3. The molecule has 2 nitrogen and oxygen atoms in total. The number of nitrogens with one attached hydrogen (secondary N) is 1. The molecule has 1 amide bonds. The van der Waals surface area contributed by atoms with Crippen LogP contribution in [0, 0.1) is 5.92 Å². The largest absolute Gasteiger partial charge is 1.00 e. The minimum absolute atomic E-state index is 0. The van der Waals surface area contributed by atoms with E-state index in [1.165, 1.54) is 0 Å². The monoisotopic (exact) mass is 695 g/mol. The molecule has 0 aromatic heterocycles. The third kappa shape index (κ3) is 8.51. The summed E-state index contributed by atoms with van der Waals surface area (Å²) in [4.78, 5) is 13.5. The Labute approximate surface area is 265 Å². The standard InChI is InChI=1S/C34H32F6NOP.BrH/c1-3-24(2)31(41-32(42)26-19-27(33(35,36)37)21-28(20-26)34(38,39)40)23-43(29-15-9-5-10-16-29,30-17-11-6-12-18-30)22-25-13-7-4-8-14-25;/h4-21,24,31H,3,22-23H2,1-2H3;1H/t24?,31-;/m1./s1. The number of hydrogen-bond acceptors (Lipinski definition) is 1. The summed E-state index contributed by atoms with van der Waals surface area (Å²) in [6.07, 6.45) is -8.35. The van der Waals surface area contributed by atoms with Crippen LogP contribution in [0.5, 0.6) is 0 Å². The molecule has 0 radical (unpaired) electrons. The van der Waals surface area contributed by atoms with E-state index in [1.54, 1.807) is 0 Å². The van der Waals surface area contributed by atoms with Crippen molar-refractivity contribution in [1.29, 1.82) is 0 Å². The van der Waals surface area contributed by atoms with Crippen LogP contribution in [0.3, 0.4) is 0 Å². The van der Waals surface area contributed by atoms with Crippen molar-refractivity contribution in [3.63, 3.8) is 0 Å². The minimum Gasteiger partial charge on any atom is -1.00 e. The molecule has 4 aromatic carbocycles. The maximum atomic E-state index is 13.6. The van der Waals surface area contributed by atoms with E-state index in [4.69, 9.17) is 0 Å². The molecule has 4 rings (SSSR count). The fourth-order valence-corrected chi connectivity index (χ4v) is 9.91. The highest BCUT2D eigenvalue weighted by molar-refractivity contribution is 7.88. The highest BCUT2D eigenvalue weighted by Crippen LogP contribution is 2.60. The number of rotatable bonds is 10. The molecule has 234 valence electrons. The number of alkyl halides is 6. The molecule has 2 atom stereocenters. The topological polar surface area (TPSA) is 29.1 Å². The molecule has 10 heteroatoms. The van der Waals surface area contributed by atoms with Crippen LogP contribution in [0.4, 0.5) is 26.3 Å². The lowest BCUT2D eigenvalue weighted by Crippen LogP contribution is -3.00. The van der Waals surface area contributed by atoms with E-state index in [1.807, 2.05) is 80.6 Å². The van der Waals surface area contributed by atoms with Crippen molar-refractivity contribution < 1.29 is 48.1 Å². The summed E-state index contributed by atoms with van der Waals surface area (Å²) < 4.78 is 81.3. The first-order valence-corrected chi connectivity index (χ1v) is 16.1. The van der Waals surface area contributed by atoms with Gasteiger partial charge in [-0.2, -0.15) is 26.3 Å². The van der Waals surface area contributed by atoms with Crippen LogP contribution in [0.1, 0.15) is 47.3 Å². The molecule has 0 saturated carbocycles. The summed E-state index contributed by atoms with van der Waals surface area (Å²) in [7, 11) is -2.34. The normalized spacial score (nSPS) is 13.5. The Hall–Kier alpha value is -3.16. The Morgan fingerprint density at radius 3 is 1.57 bits per heavy atom. The van der Waals surface area contributed by atoms with Crippen molar-refractivity contribution in [2.45, 2.75) is 44.8 Å². The molecule has 0 fully saturated rings. The van der Waals surface area contributed by atoms with Gasteiger partial charge in [-0.15, -0.1) is 0 Å². The molecule has 0 bridgehead atoms. The second-order valence-electron chi connectivity index (χ2n) is 10.7. The Kier molecular flexibility index (Phi) is 11.8. The third-order valence-electron chi connectivity index (χ3n) is 7.80. The van der Waals surface area contributed by atoms with Gasteiger partial charge in [0.05, 0.1) is 47.4 Å². The molecular weight excluding hydrogens is 663 g/mol. The van der Waals surface area contributed by atoms with Gasteiger partial charge in [-0.1, -0.05) is 87.0 Å². The Morgan fingerprint density at radius 1 is 0.727 bits per heavy atom. The van der Waals surface area contributed by atoms with Crippen LogP contribution in [0.2, 0.25) is 0 Å². The SMILES string of the molecule is CCC(C)[C@@H](C[P+](Cc1ccccc1)(c1ccccc1)c1ccccc1)NC(=O)c1cc(C(F)(F)F)cc(C(F)(F)F)c1.[Br-]. The molecule has 4 aromatic rings. The van der Waals surface area contributed by atoms with E-state index >= 15 is 0 Å². The number of carbonyl (C=O) groups is 1. The molecule has 0 aliphatic carbocycles. The summed E-state index contributed by atoms with van der Waals surface area (Å²) >= 11 is 0. The number of hydrogen-bond donors (Lipinski definition) is 1. The van der Waals surface area contributed by atoms with E-state index in [2.05, 4.69) is 29.6 Å². The summed E-state index contributed by atoms with van der Waals surface area (Å²) in [5.41, 5.74) is -2.63. The zero-order valence-corrected chi connectivity index (χ0v) is 26.6. The quantitative estimate of drug-likeness (QED) is 0.167. The van der Waals surface area contributed by atoms with E-state index in [0.29, 0.717) is 30.9 Å². The molecule has 1 unspecified atom stereocenters. The number of halogens is 7. The molecule has 0 aliphatic rings. The van der Waals surface area contributed by atoms with Gasteiger partial charge in [-0.3, -0.25) is 4.79 Å². The zero-order chi connectivity index (χ0) is 31.3. The summed E-state index contributed by atoms with van der Waals surface area (Å²) in [5, 5.41) is 5.05. The van der Waals surface area contributed by atoms with Crippen LogP contribution in [-0.4, -0.2) is 18.1 Å². The molecule has 44 heavy (non-hydrogen) atoms. The minimum atomic E-state index is -5.05. The van der Waals surface area contributed by atoms with Crippen molar-refractivity contribution in [3.05, 3.63) is 131 Å². The highest BCUT2D eigenvalue weighted by Gasteiger charge is 2.46. The number of amides is 1. The summed E-state index contributed by atoms with van der Waals surface area (Å²) in [6.45, 7) is 3.88. The third-order valence-corrected chi connectivity index (χ3v) is 12.3. The zero-order valence-electron chi connectivity index (χ0n) is 24.2. The van der Waals surface area contributed by atoms with Crippen LogP contribution in [-0.2, 0) is 18.5 Å². The Balaban J connectivity index is 0.00000529. The van der Waals surface area contributed by atoms with Gasteiger partial charge in [-0.25, -0.2) is 0 Å². The first kappa shape index (κ1) is 35.3. The van der Waals surface area contributed by atoms with Crippen molar-refractivity contribution >= 4 is 23.8 Å². The smallest absolute Gasteiger partial charge is 0.416 e. The van der Waals surface area contributed by atoms with E-state index in [9.17, 15) is 31.1 Å². The fourth-order valence-electron chi connectivity index (χ4n) is 5.25. The first-order valence-electron chi connectivity index (χ1n) is 14.0. The first-order chi connectivity index (χ1) is 20.3. The van der Waals surface area contributed by atoms with Gasteiger partial charge in [0.2, 0.25) is 0 Å². The average Bonchev–Trinajstić information content (AvgIpc) is 3.00. The lowest BCUT2D eigenvalue weighted by Gasteiger charge is -2.34. The van der Waals surface area contributed by atoms with E-state index < -0.39 is 48.3 Å².